The lowest BCUT2D eigenvalue weighted by atomic mass is 10.0. The number of nitrogens with one attached hydrogen (secondary N) is 2. The highest BCUT2D eigenvalue weighted by Gasteiger charge is 2.31. The van der Waals surface area contributed by atoms with E-state index in [9.17, 15) is 19.2 Å². The number of carbonyl (C=O) groups excluding carboxylic acids is 4. The lowest BCUT2D eigenvalue weighted by Crippen LogP contribution is -2.51. The Kier molecular flexibility index (Phi) is 8.32. The first-order valence-electron chi connectivity index (χ1n) is 8.22. The smallest absolute Gasteiger partial charge is 0.249 e. The van der Waals surface area contributed by atoms with Crippen LogP contribution in [-0.2, 0) is 25.7 Å². The molecule has 0 spiro atoms. The zero-order chi connectivity index (χ0) is 18.8. The summed E-state index contributed by atoms with van der Waals surface area (Å²) < 4.78 is 0. The molecule has 4 amide bonds. The Balaban J connectivity index is 0.000000450. The van der Waals surface area contributed by atoms with Crippen LogP contribution in [0.5, 0.6) is 0 Å². The van der Waals surface area contributed by atoms with Crippen molar-refractivity contribution < 1.29 is 19.2 Å². The van der Waals surface area contributed by atoms with Crippen molar-refractivity contribution in [3.8, 4) is 0 Å². The average Bonchev–Trinajstić information content (AvgIpc) is 2.61. The van der Waals surface area contributed by atoms with Gasteiger partial charge >= 0.3 is 0 Å². The average molecular weight is 347 g/mol. The number of amides is 4. The fourth-order valence-electron chi connectivity index (χ4n) is 2.38. The first kappa shape index (κ1) is 20.3. The monoisotopic (exact) mass is 347 g/mol. The molecule has 1 unspecified atom stereocenters. The van der Waals surface area contributed by atoms with Crippen LogP contribution < -0.4 is 10.6 Å². The molecular weight excluding hydrogens is 322 g/mol. The fourth-order valence-corrected chi connectivity index (χ4v) is 2.38. The van der Waals surface area contributed by atoms with Gasteiger partial charge in [-0.25, -0.2) is 0 Å². The van der Waals surface area contributed by atoms with Gasteiger partial charge in [-0.3, -0.25) is 24.5 Å². The number of carbonyl (C=O) groups is 4. The summed E-state index contributed by atoms with van der Waals surface area (Å²) in [6.45, 7) is 4.16. The minimum atomic E-state index is -0.560. The van der Waals surface area contributed by atoms with Crippen molar-refractivity contribution in [1.82, 2.24) is 15.5 Å². The normalized spacial score (nSPS) is 16.2. The Morgan fingerprint density at radius 1 is 1.36 bits per heavy atom. The van der Waals surface area contributed by atoms with Crippen molar-refractivity contribution in [2.45, 2.75) is 45.7 Å². The molecule has 7 heteroatoms. The summed E-state index contributed by atoms with van der Waals surface area (Å²) in [6, 6.07) is 7.15. The molecule has 25 heavy (non-hydrogen) atoms. The molecule has 1 fully saturated rings. The van der Waals surface area contributed by atoms with Gasteiger partial charge in [0.25, 0.3) is 0 Å². The zero-order valence-corrected chi connectivity index (χ0v) is 14.9. The second-order valence-corrected chi connectivity index (χ2v) is 5.70. The lowest BCUT2D eigenvalue weighted by Gasteiger charge is -2.30. The summed E-state index contributed by atoms with van der Waals surface area (Å²) in [7, 11) is 1.63. The molecule has 1 saturated heterocycles. The number of imide groups is 1. The van der Waals surface area contributed by atoms with Crippen LogP contribution in [-0.4, -0.2) is 42.1 Å². The Labute approximate surface area is 147 Å². The van der Waals surface area contributed by atoms with Crippen LogP contribution in [0.1, 0.15) is 37.3 Å². The second kappa shape index (κ2) is 10.2. The van der Waals surface area contributed by atoms with Crippen LogP contribution in [0.4, 0.5) is 0 Å². The number of hydrogen-bond donors (Lipinski definition) is 2. The Bertz CT molecular complexity index is 625. The van der Waals surface area contributed by atoms with Gasteiger partial charge in [-0.05, 0) is 24.5 Å². The van der Waals surface area contributed by atoms with Crippen LogP contribution >= 0.6 is 0 Å². The minimum absolute atomic E-state index is 0.0926. The largest absolute Gasteiger partial charge is 0.359 e. The summed E-state index contributed by atoms with van der Waals surface area (Å²) in [5.41, 5.74) is 2.07. The van der Waals surface area contributed by atoms with Crippen LogP contribution in [0.15, 0.2) is 24.3 Å². The van der Waals surface area contributed by atoms with E-state index in [2.05, 4.69) is 10.6 Å². The Morgan fingerprint density at radius 3 is 2.52 bits per heavy atom. The van der Waals surface area contributed by atoms with E-state index < -0.39 is 11.9 Å². The quantitative estimate of drug-likeness (QED) is 0.611. The van der Waals surface area contributed by atoms with Crippen LogP contribution in [0.2, 0.25) is 0 Å². The number of benzene rings is 1. The molecule has 0 saturated carbocycles. The van der Waals surface area contributed by atoms with Crippen LogP contribution in [0.3, 0.4) is 0 Å². The molecule has 7 nitrogen and oxygen atoms in total. The summed E-state index contributed by atoms with van der Waals surface area (Å²) in [5.74, 6) is -0.574. The maximum absolute atomic E-state index is 11.7. The van der Waals surface area contributed by atoms with Gasteiger partial charge in [-0.1, -0.05) is 31.2 Å². The fraction of sp³-hybridized carbons (Fsp3) is 0.444. The van der Waals surface area contributed by atoms with E-state index >= 15 is 0 Å². The van der Waals surface area contributed by atoms with Gasteiger partial charge in [-0.15, -0.1) is 0 Å². The molecule has 1 aromatic carbocycles. The SMILES string of the molecule is CCC(=O)NC.Cc1ccccc1CN(C=O)C1CCC(=O)NC1=O. The third kappa shape index (κ3) is 6.37. The molecular formula is C18H25N3O4. The van der Waals surface area contributed by atoms with Gasteiger partial charge in [0, 0.05) is 26.4 Å². The van der Waals surface area contributed by atoms with Crippen molar-refractivity contribution in [3.63, 3.8) is 0 Å². The molecule has 0 bridgehead atoms. The molecule has 2 rings (SSSR count). The van der Waals surface area contributed by atoms with E-state index in [4.69, 9.17) is 0 Å². The predicted molar refractivity (Wildman–Crippen MR) is 93.3 cm³/mol. The molecule has 0 aliphatic carbocycles. The molecule has 1 aliphatic heterocycles. The molecule has 0 radical (unpaired) electrons. The zero-order valence-electron chi connectivity index (χ0n) is 14.9. The summed E-state index contributed by atoms with van der Waals surface area (Å²) in [5, 5.41) is 4.74. The molecule has 1 aliphatic rings. The third-order valence-corrected chi connectivity index (χ3v) is 3.96. The topological polar surface area (TPSA) is 95.6 Å². The van der Waals surface area contributed by atoms with Gasteiger partial charge in [0.1, 0.15) is 6.04 Å². The molecule has 136 valence electrons. The number of rotatable bonds is 5. The lowest BCUT2D eigenvalue weighted by molar-refractivity contribution is -0.141. The van der Waals surface area contributed by atoms with Crippen molar-refractivity contribution in [2.75, 3.05) is 7.05 Å². The number of nitrogens with zero attached hydrogens (tertiary/aromatic N) is 1. The highest BCUT2D eigenvalue weighted by molar-refractivity contribution is 6.00. The van der Waals surface area contributed by atoms with E-state index in [1.165, 1.54) is 4.90 Å². The Hall–Kier alpha value is -2.70. The van der Waals surface area contributed by atoms with E-state index in [0.29, 0.717) is 25.8 Å². The molecule has 1 aromatic rings. The maximum Gasteiger partial charge on any atom is 0.249 e. The number of hydrogen-bond acceptors (Lipinski definition) is 4. The van der Waals surface area contributed by atoms with Crippen molar-refractivity contribution in [3.05, 3.63) is 35.4 Å². The number of aryl methyl sites for hydroxylation is 1. The van der Waals surface area contributed by atoms with Gasteiger partial charge < -0.3 is 10.2 Å². The maximum atomic E-state index is 11.7. The first-order chi connectivity index (χ1) is 11.9. The molecule has 0 aromatic heterocycles. The van der Waals surface area contributed by atoms with Crippen LogP contribution in [0, 0.1) is 6.92 Å². The Morgan fingerprint density at radius 2 is 2.04 bits per heavy atom. The standard InChI is InChI=1S/C14H16N2O3.C4H9NO/c1-10-4-2-3-5-11(10)8-16(9-17)12-6-7-13(18)15-14(12)19;1-3-4(6)5-2/h2-5,9,12H,6-8H2,1H3,(H,15,18,19);3H2,1-2H3,(H,5,6). The van der Waals surface area contributed by atoms with E-state index in [0.717, 1.165) is 11.1 Å². The molecule has 1 atom stereocenters. The van der Waals surface area contributed by atoms with Gasteiger partial charge in [-0.2, -0.15) is 0 Å². The minimum Gasteiger partial charge on any atom is -0.359 e. The van der Waals surface area contributed by atoms with Gasteiger partial charge in [0.15, 0.2) is 0 Å². The van der Waals surface area contributed by atoms with E-state index in [1.54, 1.807) is 7.05 Å². The van der Waals surface area contributed by atoms with Crippen molar-refractivity contribution in [2.24, 2.45) is 0 Å². The summed E-state index contributed by atoms with van der Waals surface area (Å²) >= 11 is 0. The van der Waals surface area contributed by atoms with E-state index in [1.807, 2.05) is 38.1 Å². The second-order valence-electron chi connectivity index (χ2n) is 5.70. The number of piperidine rings is 1. The summed E-state index contributed by atoms with van der Waals surface area (Å²) in [6.07, 6.45) is 1.91. The van der Waals surface area contributed by atoms with E-state index in [-0.39, 0.29) is 18.2 Å². The summed E-state index contributed by atoms with van der Waals surface area (Å²) in [4.78, 5) is 45.6. The van der Waals surface area contributed by atoms with Crippen molar-refractivity contribution >= 4 is 24.1 Å². The first-order valence-corrected chi connectivity index (χ1v) is 8.22. The third-order valence-electron chi connectivity index (χ3n) is 3.96. The molecule has 1 heterocycles. The predicted octanol–water partition coefficient (Wildman–Crippen LogP) is 0.901. The van der Waals surface area contributed by atoms with Gasteiger partial charge in [0.05, 0.1) is 0 Å². The molecule has 2 N–H and O–H groups in total. The highest BCUT2D eigenvalue weighted by Crippen LogP contribution is 2.16. The van der Waals surface area contributed by atoms with Crippen LogP contribution in [0.25, 0.3) is 0 Å². The van der Waals surface area contributed by atoms with Gasteiger partial charge in [0.2, 0.25) is 24.1 Å². The highest BCUT2D eigenvalue weighted by atomic mass is 16.2. The van der Waals surface area contributed by atoms with Crippen molar-refractivity contribution in [1.29, 1.82) is 0 Å².